The molecule has 1 aromatic carbocycles. The average Bonchev–Trinajstić information content (AvgIpc) is 3.21. The highest BCUT2D eigenvalue weighted by molar-refractivity contribution is 7.89. The zero-order chi connectivity index (χ0) is 18.6. The fraction of sp³-hybridized carbons (Fsp3) is 0.333. The SMILES string of the molecule is O=C(COC(=O)[C@H]1CCCCN1S(=O)(=O)c1ccccc1)c1ccc[nH]1. The molecule has 138 valence electrons. The van der Waals surface area contributed by atoms with Gasteiger partial charge in [0.05, 0.1) is 10.6 Å². The third kappa shape index (κ3) is 3.86. The minimum atomic E-state index is -3.80. The summed E-state index contributed by atoms with van der Waals surface area (Å²) in [6.45, 7) is -0.170. The highest BCUT2D eigenvalue weighted by Crippen LogP contribution is 2.26. The maximum absolute atomic E-state index is 12.9. The molecule has 0 radical (unpaired) electrons. The van der Waals surface area contributed by atoms with Crippen molar-refractivity contribution in [2.45, 2.75) is 30.2 Å². The number of hydrogen-bond acceptors (Lipinski definition) is 5. The van der Waals surface area contributed by atoms with Gasteiger partial charge in [-0.25, -0.2) is 8.42 Å². The molecule has 1 aromatic heterocycles. The normalized spacial score (nSPS) is 18.4. The van der Waals surface area contributed by atoms with Gasteiger partial charge in [-0.2, -0.15) is 4.31 Å². The Labute approximate surface area is 152 Å². The maximum atomic E-state index is 12.9. The van der Waals surface area contributed by atoms with Crippen LogP contribution in [0, 0.1) is 0 Å². The van der Waals surface area contributed by atoms with E-state index in [0.29, 0.717) is 18.5 Å². The Bertz CT molecular complexity index is 862. The molecule has 1 aliphatic rings. The molecule has 1 N–H and O–H groups in total. The molecule has 1 atom stereocenters. The molecular formula is C18H20N2O5S. The van der Waals surface area contributed by atoms with E-state index in [9.17, 15) is 18.0 Å². The first kappa shape index (κ1) is 18.3. The maximum Gasteiger partial charge on any atom is 0.324 e. The van der Waals surface area contributed by atoms with Crippen LogP contribution >= 0.6 is 0 Å². The summed E-state index contributed by atoms with van der Waals surface area (Å²) in [6, 6.07) is 10.4. The van der Waals surface area contributed by atoms with Crippen molar-refractivity contribution in [3.05, 3.63) is 54.4 Å². The average molecular weight is 376 g/mol. The van der Waals surface area contributed by atoms with Gasteiger partial charge in [0, 0.05) is 12.7 Å². The number of Topliss-reactive ketones (excluding diaryl/α,β-unsaturated/α-hetero) is 1. The first-order valence-electron chi connectivity index (χ1n) is 8.40. The summed E-state index contributed by atoms with van der Waals surface area (Å²) in [7, 11) is -3.80. The van der Waals surface area contributed by atoms with Crippen molar-refractivity contribution in [1.82, 2.24) is 9.29 Å². The molecular weight excluding hydrogens is 356 g/mol. The van der Waals surface area contributed by atoms with E-state index in [4.69, 9.17) is 4.74 Å². The fourth-order valence-corrected chi connectivity index (χ4v) is 4.64. The number of sulfonamides is 1. The van der Waals surface area contributed by atoms with Gasteiger partial charge in [-0.1, -0.05) is 18.2 Å². The van der Waals surface area contributed by atoms with Crippen molar-refractivity contribution in [2.75, 3.05) is 13.2 Å². The lowest BCUT2D eigenvalue weighted by molar-refractivity contribution is -0.148. The summed E-state index contributed by atoms with van der Waals surface area (Å²) in [6.07, 6.45) is 3.38. The monoisotopic (exact) mass is 376 g/mol. The number of piperidine rings is 1. The second-order valence-corrected chi connectivity index (χ2v) is 7.95. The van der Waals surface area contributed by atoms with E-state index in [1.807, 2.05) is 0 Å². The van der Waals surface area contributed by atoms with Gasteiger partial charge in [0.1, 0.15) is 6.04 Å². The largest absolute Gasteiger partial charge is 0.456 e. The van der Waals surface area contributed by atoms with Crippen LogP contribution in [0.4, 0.5) is 0 Å². The molecule has 0 amide bonds. The standard InChI is InChI=1S/C18H20N2O5S/c21-17(15-9-6-11-19-15)13-25-18(22)16-10-4-5-12-20(16)26(23,24)14-7-2-1-3-8-14/h1-3,6-9,11,16,19H,4-5,10,12-13H2/t16-/m1/s1. The van der Waals surface area contributed by atoms with Crippen LogP contribution < -0.4 is 0 Å². The number of carbonyl (C=O) groups excluding carboxylic acids is 2. The lowest BCUT2D eigenvalue weighted by Crippen LogP contribution is -2.48. The predicted molar refractivity (Wildman–Crippen MR) is 94.1 cm³/mol. The van der Waals surface area contributed by atoms with Crippen molar-refractivity contribution in [3.63, 3.8) is 0 Å². The van der Waals surface area contributed by atoms with Gasteiger partial charge < -0.3 is 9.72 Å². The summed E-state index contributed by atoms with van der Waals surface area (Å²) in [5.41, 5.74) is 0.343. The Kier molecular flexibility index (Phi) is 5.53. The number of nitrogens with one attached hydrogen (secondary N) is 1. The Hall–Kier alpha value is -2.45. The molecule has 7 nitrogen and oxygen atoms in total. The van der Waals surface area contributed by atoms with Gasteiger partial charge in [-0.05, 0) is 43.5 Å². The third-order valence-electron chi connectivity index (χ3n) is 4.32. The Morgan fingerprint density at radius 1 is 1.12 bits per heavy atom. The number of hydrogen-bond donors (Lipinski definition) is 1. The predicted octanol–water partition coefficient (Wildman–Crippen LogP) is 1.98. The number of rotatable bonds is 6. The highest BCUT2D eigenvalue weighted by Gasteiger charge is 2.38. The van der Waals surface area contributed by atoms with Crippen LogP contribution in [0.5, 0.6) is 0 Å². The van der Waals surface area contributed by atoms with E-state index in [-0.39, 0.29) is 17.2 Å². The first-order chi connectivity index (χ1) is 12.5. The molecule has 2 aromatic rings. The van der Waals surface area contributed by atoms with Crippen molar-refractivity contribution in [1.29, 1.82) is 0 Å². The van der Waals surface area contributed by atoms with Crippen LogP contribution in [0.1, 0.15) is 29.8 Å². The summed E-state index contributed by atoms with van der Waals surface area (Å²) >= 11 is 0. The second-order valence-electron chi connectivity index (χ2n) is 6.06. The number of esters is 1. The summed E-state index contributed by atoms with van der Waals surface area (Å²) in [5, 5.41) is 0. The lowest BCUT2D eigenvalue weighted by atomic mass is 10.1. The van der Waals surface area contributed by atoms with Crippen LogP contribution in [0.2, 0.25) is 0 Å². The number of aromatic amines is 1. The fourth-order valence-electron chi connectivity index (χ4n) is 2.97. The van der Waals surface area contributed by atoms with Crippen LogP contribution in [0.3, 0.4) is 0 Å². The lowest BCUT2D eigenvalue weighted by Gasteiger charge is -2.32. The molecule has 8 heteroatoms. The first-order valence-corrected chi connectivity index (χ1v) is 9.84. The minimum Gasteiger partial charge on any atom is -0.456 e. The third-order valence-corrected chi connectivity index (χ3v) is 6.24. The number of nitrogens with zero attached hydrogens (tertiary/aromatic N) is 1. The van der Waals surface area contributed by atoms with Crippen molar-refractivity contribution >= 4 is 21.8 Å². The van der Waals surface area contributed by atoms with E-state index in [1.165, 1.54) is 16.4 Å². The minimum absolute atomic E-state index is 0.141. The Balaban J connectivity index is 1.72. The molecule has 0 saturated carbocycles. The van der Waals surface area contributed by atoms with E-state index in [1.54, 1.807) is 36.5 Å². The number of carbonyl (C=O) groups is 2. The number of ketones is 1. The summed E-state index contributed by atoms with van der Waals surface area (Å²) in [5.74, 6) is -1.05. The molecule has 3 rings (SSSR count). The van der Waals surface area contributed by atoms with Crippen LogP contribution in [0.15, 0.2) is 53.6 Å². The van der Waals surface area contributed by atoms with Crippen LogP contribution in [-0.4, -0.2) is 48.7 Å². The smallest absolute Gasteiger partial charge is 0.324 e. The van der Waals surface area contributed by atoms with Gasteiger partial charge in [-0.15, -0.1) is 0 Å². The molecule has 0 unspecified atom stereocenters. The van der Waals surface area contributed by atoms with Crippen LogP contribution in [-0.2, 0) is 19.6 Å². The zero-order valence-corrected chi connectivity index (χ0v) is 14.9. The molecule has 0 spiro atoms. The summed E-state index contributed by atoms with van der Waals surface area (Å²) in [4.78, 5) is 27.3. The molecule has 1 aliphatic heterocycles. The highest BCUT2D eigenvalue weighted by atomic mass is 32.2. The molecule has 1 saturated heterocycles. The van der Waals surface area contributed by atoms with E-state index >= 15 is 0 Å². The second kappa shape index (κ2) is 7.84. The summed E-state index contributed by atoms with van der Waals surface area (Å²) < 4.78 is 32.0. The van der Waals surface area contributed by atoms with Crippen LogP contribution in [0.25, 0.3) is 0 Å². The number of aromatic nitrogens is 1. The quantitative estimate of drug-likeness (QED) is 0.614. The number of benzene rings is 1. The van der Waals surface area contributed by atoms with Gasteiger partial charge in [-0.3, -0.25) is 9.59 Å². The van der Waals surface area contributed by atoms with Crippen molar-refractivity contribution < 1.29 is 22.7 Å². The molecule has 0 aliphatic carbocycles. The van der Waals surface area contributed by atoms with E-state index in [2.05, 4.69) is 4.98 Å². The van der Waals surface area contributed by atoms with Crippen molar-refractivity contribution in [3.8, 4) is 0 Å². The van der Waals surface area contributed by atoms with Gasteiger partial charge >= 0.3 is 5.97 Å². The van der Waals surface area contributed by atoms with Gasteiger partial charge in [0.15, 0.2) is 6.61 Å². The Morgan fingerprint density at radius 3 is 2.58 bits per heavy atom. The van der Waals surface area contributed by atoms with Crippen molar-refractivity contribution in [2.24, 2.45) is 0 Å². The topological polar surface area (TPSA) is 96.5 Å². The number of H-pyrrole nitrogens is 1. The number of ether oxygens (including phenoxy) is 1. The van der Waals surface area contributed by atoms with Gasteiger partial charge in [0.2, 0.25) is 15.8 Å². The molecule has 26 heavy (non-hydrogen) atoms. The molecule has 0 bridgehead atoms. The van der Waals surface area contributed by atoms with E-state index in [0.717, 1.165) is 6.42 Å². The van der Waals surface area contributed by atoms with E-state index < -0.39 is 28.6 Å². The Morgan fingerprint density at radius 2 is 1.88 bits per heavy atom. The molecule has 2 heterocycles. The zero-order valence-electron chi connectivity index (χ0n) is 14.1. The van der Waals surface area contributed by atoms with Gasteiger partial charge in [0.25, 0.3) is 0 Å². The molecule has 1 fully saturated rings.